The first-order chi connectivity index (χ1) is 11.6. The first kappa shape index (κ1) is 15.9. The quantitative estimate of drug-likeness (QED) is 0.687. The number of halogens is 2. The predicted molar refractivity (Wildman–Crippen MR) is 84.5 cm³/mol. The molecule has 4 nitrogen and oxygen atoms in total. The maximum atomic E-state index is 13.5. The number of rotatable bonds is 4. The van der Waals surface area contributed by atoms with Crippen LogP contribution in [-0.2, 0) is 11.3 Å². The Morgan fingerprint density at radius 2 is 1.88 bits per heavy atom. The number of methoxy groups -OCH3 is 1. The van der Waals surface area contributed by atoms with Crippen molar-refractivity contribution in [2.75, 3.05) is 7.11 Å². The largest absolute Gasteiger partial charge is 0.465 e. The third kappa shape index (κ3) is 3.17. The molecule has 3 rings (SSSR count). The lowest BCUT2D eigenvalue weighted by Gasteiger charge is -2.11. The number of nitrogens with zero attached hydrogens (tertiary/aromatic N) is 2. The molecule has 0 bridgehead atoms. The number of hydrogen-bond acceptors (Lipinski definition) is 3. The molecule has 0 saturated heterocycles. The fourth-order valence-electron chi connectivity index (χ4n) is 2.53. The Hall–Kier alpha value is -3.02. The van der Waals surface area contributed by atoms with Crippen molar-refractivity contribution in [2.24, 2.45) is 0 Å². The first-order valence-corrected chi connectivity index (χ1v) is 7.22. The van der Waals surface area contributed by atoms with E-state index >= 15 is 0 Å². The van der Waals surface area contributed by atoms with E-state index in [1.54, 1.807) is 41.2 Å². The number of carbonyl (C=O) groups excluding carboxylic acids is 1. The molecule has 0 unspecified atom stereocenters. The first-order valence-electron chi connectivity index (χ1n) is 7.22. The molecular formula is C18H14F2N2O2. The molecule has 0 aliphatic carbocycles. The van der Waals surface area contributed by atoms with E-state index in [0.717, 1.165) is 11.6 Å². The van der Waals surface area contributed by atoms with Crippen molar-refractivity contribution in [3.05, 3.63) is 77.6 Å². The van der Waals surface area contributed by atoms with Crippen LogP contribution in [0.4, 0.5) is 8.78 Å². The van der Waals surface area contributed by atoms with E-state index in [2.05, 4.69) is 4.98 Å². The fourth-order valence-corrected chi connectivity index (χ4v) is 2.53. The Morgan fingerprint density at radius 3 is 2.58 bits per heavy atom. The summed E-state index contributed by atoms with van der Waals surface area (Å²) in [5.74, 6) is -1.37. The van der Waals surface area contributed by atoms with Crippen LogP contribution in [-0.4, -0.2) is 22.6 Å². The van der Waals surface area contributed by atoms with Gasteiger partial charge in [-0.25, -0.2) is 18.6 Å². The molecule has 2 aromatic carbocycles. The summed E-state index contributed by atoms with van der Waals surface area (Å²) in [6.45, 7) is 0.318. The molecule has 0 saturated carbocycles. The number of imidazole rings is 1. The molecule has 0 spiro atoms. The van der Waals surface area contributed by atoms with Gasteiger partial charge in [-0.15, -0.1) is 0 Å². The van der Waals surface area contributed by atoms with Gasteiger partial charge in [0.05, 0.1) is 12.7 Å². The summed E-state index contributed by atoms with van der Waals surface area (Å²) < 4.78 is 33.4. The molecule has 6 heteroatoms. The van der Waals surface area contributed by atoms with Gasteiger partial charge in [0.15, 0.2) is 0 Å². The molecule has 0 radical (unpaired) electrons. The Morgan fingerprint density at radius 1 is 1.17 bits per heavy atom. The molecule has 0 atom stereocenters. The minimum atomic E-state index is -0.672. The Balaban J connectivity index is 1.99. The molecule has 0 amide bonds. The summed E-state index contributed by atoms with van der Waals surface area (Å²) in [6, 6.07) is 10.3. The van der Waals surface area contributed by atoms with E-state index in [1.165, 1.54) is 19.2 Å². The summed E-state index contributed by atoms with van der Waals surface area (Å²) in [5, 5.41) is 0. The van der Waals surface area contributed by atoms with E-state index in [9.17, 15) is 13.6 Å². The van der Waals surface area contributed by atoms with Crippen molar-refractivity contribution in [3.8, 4) is 11.4 Å². The number of aromatic nitrogens is 2. The van der Waals surface area contributed by atoms with E-state index in [4.69, 9.17) is 4.74 Å². The molecule has 0 aliphatic rings. The summed E-state index contributed by atoms with van der Waals surface area (Å²) in [6.07, 6.45) is 3.23. The SMILES string of the molecule is COC(=O)c1ccccc1Cn1ccnc1-c1cc(F)cc(F)c1. The molecule has 1 heterocycles. The molecule has 122 valence electrons. The van der Waals surface area contributed by atoms with Crippen LogP contribution in [0.5, 0.6) is 0 Å². The van der Waals surface area contributed by atoms with Gasteiger partial charge in [-0.2, -0.15) is 0 Å². The van der Waals surface area contributed by atoms with Gasteiger partial charge in [0.2, 0.25) is 0 Å². The minimum absolute atomic E-state index is 0.318. The Kier molecular flexibility index (Phi) is 4.37. The topological polar surface area (TPSA) is 44.1 Å². The number of benzene rings is 2. The van der Waals surface area contributed by atoms with Gasteiger partial charge < -0.3 is 9.30 Å². The monoisotopic (exact) mass is 328 g/mol. The second kappa shape index (κ2) is 6.62. The number of ether oxygens (including phenoxy) is 1. The highest BCUT2D eigenvalue weighted by Gasteiger charge is 2.14. The zero-order chi connectivity index (χ0) is 17.1. The van der Waals surface area contributed by atoms with Gasteiger partial charge in [-0.3, -0.25) is 0 Å². The van der Waals surface area contributed by atoms with Crippen LogP contribution in [0.1, 0.15) is 15.9 Å². The van der Waals surface area contributed by atoms with Crippen molar-refractivity contribution in [2.45, 2.75) is 6.54 Å². The lowest BCUT2D eigenvalue weighted by Crippen LogP contribution is -2.09. The Labute approximate surface area is 137 Å². The normalized spacial score (nSPS) is 10.6. The van der Waals surface area contributed by atoms with Crippen molar-refractivity contribution in [3.63, 3.8) is 0 Å². The van der Waals surface area contributed by atoms with Gasteiger partial charge in [0.25, 0.3) is 0 Å². The number of hydrogen-bond donors (Lipinski definition) is 0. The average Bonchev–Trinajstić information content (AvgIpc) is 3.02. The van der Waals surface area contributed by atoms with Crippen LogP contribution in [0.15, 0.2) is 54.9 Å². The molecule has 0 aliphatic heterocycles. The van der Waals surface area contributed by atoms with Crippen LogP contribution >= 0.6 is 0 Å². The van der Waals surface area contributed by atoms with Gasteiger partial charge in [-0.1, -0.05) is 18.2 Å². The number of carbonyl (C=O) groups is 1. The lowest BCUT2D eigenvalue weighted by molar-refractivity contribution is 0.0599. The van der Waals surface area contributed by atoms with Gasteiger partial charge in [-0.05, 0) is 23.8 Å². The smallest absolute Gasteiger partial charge is 0.338 e. The third-order valence-corrected chi connectivity index (χ3v) is 3.60. The van der Waals surface area contributed by atoms with Crippen LogP contribution < -0.4 is 0 Å². The highest BCUT2D eigenvalue weighted by atomic mass is 19.1. The summed E-state index contributed by atoms with van der Waals surface area (Å²) >= 11 is 0. The average molecular weight is 328 g/mol. The second-order valence-corrected chi connectivity index (χ2v) is 5.19. The summed E-state index contributed by atoms with van der Waals surface area (Å²) in [7, 11) is 1.32. The van der Waals surface area contributed by atoms with Crippen LogP contribution in [0, 0.1) is 11.6 Å². The van der Waals surface area contributed by atoms with Crippen LogP contribution in [0.25, 0.3) is 11.4 Å². The molecule has 0 fully saturated rings. The third-order valence-electron chi connectivity index (χ3n) is 3.60. The molecule has 1 aromatic heterocycles. The van der Waals surface area contributed by atoms with E-state index in [1.807, 2.05) is 0 Å². The highest BCUT2D eigenvalue weighted by Crippen LogP contribution is 2.22. The maximum absolute atomic E-state index is 13.5. The molecule has 0 N–H and O–H groups in total. The number of esters is 1. The van der Waals surface area contributed by atoms with Gasteiger partial charge in [0, 0.05) is 30.6 Å². The van der Waals surface area contributed by atoms with Crippen molar-refractivity contribution in [1.29, 1.82) is 0 Å². The summed E-state index contributed by atoms with van der Waals surface area (Å²) in [5.41, 5.74) is 1.48. The maximum Gasteiger partial charge on any atom is 0.338 e. The zero-order valence-electron chi connectivity index (χ0n) is 12.9. The molecular weight excluding hydrogens is 314 g/mol. The van der Waals surface area contributed by atoms with Crippen molar-refractivity contribution in [1.82, 2.24) is 9.55 Å². The standard InChI is InChI=1S/C18H14F2N2O2/c1-24-18(23)16-5-3-2-4-12(16)11-22-7-6-21-17(22)13-8-14(19)10-15(20)9-13/h2-10H,11H2,1H3. The van der Waals surface area contributed by atoms with E-state index in [0.29, 0.717) is 23.5 Å². The van der Waals surface area contributed by atoms with Crippen LogP contribution in [0.2, 0.25) is 0 Å². The van der Waals surface area contributed by atoms with Crippen molar-refractivity contribution < 1.29 is 18.3 Å². The zero-order valence-corrected chi connectivity index (χ0v) is 12.9. The molecule has 24 heavy (non-hydrogen) atoms. The van der Waals surface area contributed by atoms with E-state index < -0.39 is 17.6 Å². The van der Waals surface area contributed by atoms with Crippen molar-refractivity contribution >= 4 is 5.97 Å². The van der Waals surface area contributed by atoms with E-state index in [-0.39, 0.29) is 0 Å². The Bertz CT molecular complexity index is 870. The van der Waals surface area contributed by atoms with Gasteiger partial charge in [0.1, 0.15) is 17.5 Å². The highest BCUT2D eigenvalue weighted by molar-refractivity contribution is 5.91. The fraction of sp³-hybridized carbons (Fsp3) is 0.111. The molecule has 3 aromatic rings. The second-order valence-electron chi connectivity index (χ2n) is 5.19. The lowest BCUT2D eigenvalue weighted by atomic mass is 10.1. The minimum Gasteiger partial charge on any atom is -0.465 e. The van der Waals surface area contributed by atoms with Gasteiger partial charge >= 0.3 is 5.97 Å². The summed E-state index contributed by atoms with van der Waals surface area (Å²) in [4.78, 5) is 16.0. The van der Waals surface area contributed by atoms with Crippen LogP contribution in [0.3, 0.4) is 0 Å². The predicted octanol–water partition coefficient (Wildman–Crippen LogP) is 3.66.